The second-order valence-electron chi connectivity index (χ2n) is 14.5. The molecule has 9 nitrogen and oxygen atoms in total. The van der Waals surface area contributed by atoms with Gasteiger partial charge < -0.3 is 20.8 Å². The van der Waals surface area contributed by atoms with Crippen LogP contribution in [0.5, 0.6) is 0 Å². The normalized spacial score (nSPS) is 38.0. The number of amides is 2. The van der Waals surface area contributed by atoms with Crippen molar-refractivity contribution in [1.82, 2.24) is 10.6 Å². The number of terminal acetylenes is 1. The van der Waals surface area contributed by atoms with Crippen molar-refractivity contribution in [2.24, 2.45) is 51.5 Å². The molecule has 0 aromatic heterocycles. The van der Waals surface area contributed by atoms with Crippen LogP contribution in [0.1, 0.15) is 104 Å². The molecule has 4 aliphatic carbocycles. The standard InChI is InChI=1S/C34H53N5O4/c1-5-9-29(38-31(43)12-8-19-36-39-35)37-30(42)11-7-6-10-22(2)25-13-14-26-32-27(16-18-34(25,26)4)33(3)17-15-24(40)20-23(33)21-28(32)41/h1,7,11,22-29,32,40-41H,6,8-10,12-21H2,2-4H3,(H,37,42)(H,38,43)/b11-7+/t22-,23+,24-,25-,26+,27+,28?,29?,32+,33+,34-/m1/s1. The molecule has 9 heteroatoms. The van der Waals surface area contributed by atoms with Crippen LogP contribution in [-0.4, -0.2) is 46.9 Å². The van der Waals surface area contributed by atoms with Gasteiger partial charge in [0, 0.05) is 24.3 Å². The number of hydrogen-bond acceptors (Lipinski definition) is 5. The van der Waals surface area contributed by atoms with E-state index in [-0.39, 0.29) is 54.2 Å². The molecule has 4 rings (SSSR count). The van der Waals surface area contributed by atoms with Gasteiger partial charge in [0.25, 0.3) is 0 Å². The SMILES string of the molecule is C#CCC(NC(=O)/C=C/CC[C@@H](C)[C@H]1CC[C@H]2[C@@H]3C(O)C[C@@H]4C[C@H](O)CC[C@]4(C)[C@H]3CC[C@]12C)NC(=O)CCCN=[N+]=[N-]. The van der Waals surface area contributed by atoms with Crippen molar-refractivity contribution in [2.45, 2.75) is 123 Å². The number of azide groups is 1. The van der Waals surface area contributed by atoms with E-state index in [1.165, 1.54) is 31.8 Å². The van der Waals surface area contributed by atoms with Crippen LogP contribution < -0.4 is 10.6 Å². The van der Waals surface area contributed by atoms with Gasteiger partial charge in [0.1, 0.15) is 6.17 Å². The number of nitrogens with zero attached hydrogens (tertiary/aromatic N) is 3. The molecule has 4 aliphatic rings. The topological polar surface area (TPSA) is 147 Å². The number of carbonyl (C=O) groups is 2. The van der Waals surface area contributed by atoms with E-state index >= 15 is 0 Å². The maximum absolute atomic E-state index is 12.5. The quantitative estimate of drug-likeness (QED) is 0.0441. The Morgan fingerprint density at radius 3 is 2.60 bits per heavy atom. The van der Waals surface area contributed by atoms with Gasteiger partial charge in [0.2, 0.25) is 11.8 Å². The summed E-state index contributed by atoms with van der Waals surface area (Å²) in [5.41, 5.74) is 8.82. The Morgan fingerprint density at radius 2 is 1.86 bits per heavy atom. The smallest absolute Gasteiger partial charge is 0.245 e. The van der Waals surface area contributed by atoms with Crippen LogP contribution in [0.15, 0.2) is 17.3 Å². The van der Waals surface area contributed by atoms with E-state index in [1.54, 1.807) is 0 Å². The maximum Gasteiger partial charge on any atom is 0.245 e. The van der Waals surface area contributed by atoms with Crippen molar-refractivity contribution in [3.8, 4) is 12.3 Å². The molecule has 0 heterocycles. The van der Waals surface area contributed by atoms with Crippen molar-refractivity contribution in [2.75, 3.05) is 6.54 Å². The molecule has 4 saturated carbocycles. The molecule has 238 valence electrons. The molecule has 4 N–H and O–H groups in total. The van der Waals surface area contributed by atoms with E-state index in [0.29, 0.717) is 41.9 Å². The van der Waals surface area contributed by atoms with Crippen LogP contribution in [0.2, 0.25) is 0 Å². The molecule has 0 aromatic rings. The van der Waals surface area contributed by atoms with E-state index in [0.717, 1.165) is 38.5 Å². The van der Waals surface area contributed by atoms with Crippen LogP contribution in [0.4, 0.5) is 0 Å². The maximum atomic E-state index is 12.5. The third kappa shape index (κ3) is 7.41. The molecule has 2 amide bonds. The van der Waals surface area contributed by atoms with Gasteiger partial charge in [0.05, 0.1) is 12.2 Å². The van der Waals surface area contributed by atoms with E-state index in [9.17, 15) is 19.8 Å². The molecular weight excluding hydrogens is 542 g/mol. The first-order valence-electron chi connectivity index (χ1n) is 16.6. The minimum absolute atomic E-state index is 0.179. The average Bonchev–Trinajstić information content (AvgIpc) is 3.31. The number of aliphatic hydroxyl groups is 2. The minimum Gasteiger partial charge on any atom is -0.393 e. The second-order valence-corrected chi connectivity index (χ2v) is 14.5. The van der Waals surface area contributed by atoms with Gasteiger partial charge in [-0.2, -0.15) is 0 Å². The molecular formula is C34H53N5O4. The van der Waals surface area contributed by atoms with Crippen molar-refractivity contribution in [1.29, 1.82) is 0 Å². The molecule has 0 radical (unpaired) electrons. The highest BCUT2D eigenvalue weighted by molar-refractivity contribution is 5.88. The van der Waals surface area contributed by atoms with Crippen LogP contribution in [0.3, 0.4) is 0 Å². The predicted molar refractivity (Wildman–Crippen MR) is 167 cm³/mol. The number of aliphatic hydroxyl groups excluding tert-OH is 2. The molecule has 0 saturated heterocycles. The summed E-state index contributed by atoms with van der Waals surface area (Å²) < 4.78 is 0. The summed E-state index contributed by atoms with van der Waals surface area (Å²) in [5, 5.41) is 30.7. The number of nitrogens with one attached hydrogen (secondary N) is 2. The first-order chi connectivity index (χ1) is 20.5. The highest BCUT2D eigenvalue weighted by Crippen LogP contribution is 2.68. The first-order valence-corrected chi connectivity index (χ1v) is 16.6. The van der Waals surface area contributed by atoms with Crippen LogP contribution in [0, 0.1) is 58.7 Å². The Morgan fingerprint density at radius 1 is 1.12 bits per heavy atom. The number of rotatable bonds is 12. The lowest BCUT2D eigenvalue weighted by molar-refractivity contribution is -0.174. The zero-order valence-electron chi connectivity index (χ0n) is 26.4. The van der Waals surface area contributed by atoms with Gasteiger partial charge in [-0.1, -0.05) is 32.0 Å². The number of hydrogen-bond donors (Lipinski definition) is 4. The molecule has 2 unspecified atom stereocenters. The van der Waals surface area contributed by atoms with E-state index in [2.05, 4.69) is 47.4 Å². The van der Waals surface area contributed by atoms with Gasteiger partial charge >= 0.3 is 0 Å². The lowest BCUT2D eigenvalue weighted by atomic mass is 9.43. The average molecular weight is 596 g/mol. The number of allylic oxidation sites excluding steroid dienone is 1. The molecule has 0 aromatic carbocycles. The highest BCUT2D eigenvalue weighted by atomic mass is 16.3. The summed E-state index contributed by atoms with van der Waals surface area (Å²) in [7, 11) is 0. The fraction of sp³-hybridized carbons (Fsp3) is 0.824. The third-order valence-corrected chi connectivity index (χ3v) is 12.2. The Bertz CT molecular complexity index is 1110. The van der Waals surface area contributed by atoms with E-state index in [4.69, 9.17) is 12.0 Å². The zero-order valence-corrected chi connectivity index (χ0v) is 26.4. The molecule has 11 atom stereocenters. The molecule has 0 aliphatic heterocycles. The summed E-state index contributed by atoms with van der Waals surface area (Å²) in [4.78, 5) is 27.4. The van der Waals surface area contributed by atoms with Gasteiger partial charge in [-0.3, -0.25) is 9.59 Å². The monoisotopic (exact) mass is 595 g/mol. The summed E-state index contributed by atoms with van der Waals surface area (Å²) in [6.07, 6.45) is 18.9. The fourth-order valence-corrected chi connectivity index (χ4v) is 10.0. The Hall–Kier alpha value is -2.53. The van der Waals surface area contributed by atoms with Crippen LogP contribution >= 0.6 is 0 Å². The Balaban J connectivity index is 1.27. The van der Waals surface area contributed by atoms with Crippen molar-refractivity contribution < 1.29 is 19.8 Å². The van der Waals surface area contributed by atoms with Gasteiger partial charge in [0.15, 0.2) is 0 Å². The fourth-order valence-electron chi connectivity index (χ4n) is 10.0. The molecule has 43 heavy (non-hydrogen) atoms. The number of carbonyl (C=O) groups excluding carboxylic acids is 2. The highest BCUT2D eigenvalue weighted by Gasteiger charge is 2.62. The van der Waals surface area contributed by atoms with E-state index in [1.807, 2.05) is 6.08 Å². The first kappa shape index (κ1) is 33.4. The predicted octanol–water partition coefficient (Wildman–Crippen LogP) is 5.62. The van der Waals surface area contributed by atoms with Crippen LogP contribution in [-0.2, 0) is 9.59 Å². The van der Waals surface area contributed by atoms with E-state index < -0.39 is 6.17 Å². The number of fused-ring (bicyclic) bond motifs is 5. The lowest BCUT2D eigenvalue weighted by Gasteiger charge is -2.62. The largest absolute Gasteiger partial charge is 0.393 e. The lowest BCUT2D eigenvalue weighted by Crippen LogP contribution is -2.58. The molecule has 4 fully saturated rings. The molecule has 0 spiro atoms. The second kappa shape index (κ2) is 14.5. The third-order valence-electron chi connectivity index (χ3n) is 12.2. The Labute approximate surface area is 257 Å². The minimum atomic E-state index is -0.648. The van der Waals surface area contributed by atoms with Gasteiger partial charge in [-0.15, -0.1) is 12.3 Å². The van der Waals surface area contributed by atoms with Crippen molar-refractivity contribution >= 4 is 11.8 Å². The summed E-state index contributed by atoms with van der Waals surface area (Å²) in [5.74, 6) is 5.00. The molecule has 0 bridgehead atoms. The summed E-state index contributed by atoms with van der Waals surface area (Å²) in [6.45, 7) is 7.56. The summed E-state index contributed by atoms with van der Waals surface area (Å²) >= 11 is 0. The van der Waals surface area contributed by atoms with Crippen molar-refractivity contribution in [3.05, 3.63) is 22.6 Å². The van der Waals surface area contributed by atoms with Gasteiger partial charge in [-0.25, -0.2) is 0 Å². The Kier molecular flexibility index (Phi) is 11.3. The van der Waals surface area contributed by atoms with Crippen molar-refractivity contribution in [3.63, 3.8) is 0 Å². The van der Waals surface area contributed by atoms with Crippen LogP contribution in [0.25, 0.3) is 10.4 Å². The zero-order chi connectivity index (χ0) is 31.2. The summed E-state index contributed by atoms with van der Waals surface area (Å²) in [6, 6.07) is 0. The van der Waals surface area contributed by atoms with Gasteiger partial charge in [-0.05, 0) is 129 Å².